The molecule has 0 radical (unpaired) electrons. The zero-order valence-corrected chi connectivity index (χ0v) is 14.4. The maximum absolute atomic E-state index is 12.3. The van der Waals surface area contributed by atoms with Gasteiger partial charge in [-0.05, 0) is 37.3 Å². The average molecular weight is 367 g/mol. The van der Waals surface area contributed by atoms with Gasteiger partial charge >= 0.3 is 5.97 Å². The number of oxazole rings is 1. The van der Waals surface area contributed by atoms with Crippen LogP contribution in [0.5, 0.6) is 0 Å². The molecule has 1 atom stereocenters. The van der Waals surface area contributed by atoms with Gasteiger partial charge in [0, 0.05) is 0 Å². The lowest BCUT2D eigenvalue weighted by atomic mass is 10.2. The van der Waals surface area contributed by atoms with Crippen LogP contribution in [-0.4, -0.2) is 27.9 Å². The molecule has 8 heteroatoms. The number of thiazole rings is 1. The summed E-state index contributed by atoms with van der Waals surface area (Å²) in [5, 5.41) is 3.14. The van der Waals surface area contributed by atoms with Gasteiger partial charge < -0.3 is 9.15 Å². The van der Waals surface area contributed by atoms with Gasteiger partial charge in [0.1, 0.15) is 5.52 Å². The summed E-state index contributed by atoms with van der Waals surface area (Å²) in [5.74, 6) is -1.06. The largest absolute Gasteiger partial charge is 0.449 e. The molecule has 2 heterocycles. The first-order valence-corrected chi connectivity index (χ1v) is 8.62. The Morgan fingerprint density at radius 1 is 1.19 bits per heavy atom. The van der Waals surface area contributed by atoms with E-state index in [0.717, 1.165) is 10.2 Å². The first-order valence-electron chi connectivity index (χ1n) is 7.81. The molecule has 0 saturated carbocycles. The van der Waals surface area contributed by atoms with Gasteiger partial charge in [-0.15, -0.1) is 0 Å². The Balaban J connectivity index is 1.43. The van der Waals surface area contributed by atoms with Crippen molar-refractivity contribution in [3.8, 4) is 0 Å². The van der Waals surface area contributed by atoms with Crippen LogP contribution in [0.3, 0.4) is 0 Å². The summed E-state index contributed by atoms with van der Waals surface area (Å²) in [6.07, 6.45) is 0.327. The van der Waals surface area contributed by atoms with Crippen LogP contribution in [0.2, 0.25) is 0 Å². The average Bonchev–Trinajstić information content (AvgIpc) is 3.26. The molecule has 1 N–H and O–H groups in total. The summed E-state index contributed by atoms with van der Waals surface area (Å²) in [6.45, 7) is 1.51. The third-order valence-corrected chi connectivity index (χ3v) is 4.70. The van der Waals surface area contributed by atoms with Crippen molar-refractivity contribution in [2.45, 2.75) is 13.0 Å². The Labute approximate surface area is 151 Å². The van der Waals surface area contributed by atoms with Crippen LogP contribution in [0, 0.1) is 0 Å². The fourth-order valence-electron chi connectivity index (χ4n) is 2.40. The maximum Gasteiger partial charge on any atom is 0.339 e. The SMILES string of the molecule is CC(OC(=O)c1ccc2ncoc2c1)C(=O)Nc1nc2ccccc2s1. The predicted octanol–water partition coefficient (Wildman–Crippen LogP) is 3.62. The molecule has 1 amide bonds. The number of nitrogens with one attached hydrogen (secondary N) is 1. The Morgan fingerprint density at radius 2 is 2.04 bits per heavy atom. The standard InChI is InChI=1S/C18H13N3O4S/c1-10(16(22)21-18-20-13-4-2-3-5-15(13)26-18)25-17(23)11-6-7-12-14(8-11)24-9-19-12/h2-10H,1H3,(H,20,21,22). The van der Waals surface area contributed by atoms with Gasteiger partial charge in [0.25, 0.3) is 5.91 Å². The van der Waals surface area contributed by atoms with Crippen molar-refractivity contribution in [2.75, 3.05) is 5.32 Å². The van der Waals surface area contributed by atoms with Gasteiger partial charge in [-0.3, -0.25) is 10.1 Å². The molecule has 4 aromatic rings. The van der Waals surface area contributed by atoms with Crippen molar-refractivity contribution in [3.63, 3.8) is 0 Å². The normalized spacial score (nSPS) is 12.2. The number of anilines is 1. The van der Waals surface area contributed by atoms with E-state index in [1.54, 1.807) is 12.1 Å². The fourth-order valence-corrected chi connectivity index (χ4v) is 3.27. The van der Waals surface area contributed by atoms with Crippen molar-refractivity contribution in [3.05, 3.63) is 54.4 Å². The molecule has 0 bridgehead atoms. The number of aromatic nitrogens is 2. The van der Waals surface area contributed by atoms with E-state index in [0.29, 0.717) is 16.2 Å². The highest BCUT2D eigenvalue weighted by Crippen LogP contribution is 2.25. The van der Waals surface area contributed by atoms with E-state index >= 15 is 0 Å². The van der Waals surface area contributed by atoms with Gasteiger partial charge in [-0.1, -0.05) is 23.5 Å². The molecule has 7 nitrogen and oxygen atoms in total. The highest BCUT2D eigenvalue weighted by Gasteiger charge is 2.20. The van der Waals surface area contributed by atoms with Crippen LogP contribution >= 0.6 is 11.3 Å². The van der Waals surface area contributed by atoms with Gasteiger partial charge in [0.15, 0.2) is 23.2 Å². The minimum absolute atomic E-state index is 0.286. The van der Waals surface area contributed by atoms with Crippen LogP contribution in [0.4, 0.5) is 5.13 Å². The lowest BCUT2D eigenvalue weighted by Gasteiger charge is -2.12. The first-order chi connectivity index (χ1) is 12.6. The Bertz CT molecular complexity index is 1080. The number of rotatable bonds is 4. The van der Waals surface area contributed by atoms with Crippen molar-refractivity contribution in [1.82, 2.24) is 9.97 Å². The van der Waals surface area contributed by atoms with Crippen molar-refractivity contribution in [2.24, 2.45) is 0 Å². The summed E-state index contributed by atoms with van der Waals surface area (Å²) in [6, 6.07) is 12.3. The number of hydrogen-bond donors (Lipinski definition) is 1. The number of carbonyl (C=O) groups excluding carboxylic acids is 2. The highest BCUT2D eigenvalue weighted by atomic mass is 32.1. The topological polar surface area (TPSA) is 94.3 Å². The van der Waals surface area contributed by atoms with Crippen LogP contribution in [0.15, 0.2) is 53.3 Å². The van der Waals surface area contributed by atoms with Gasteiger partial charge in [-0.2, -0.15) is 0 Å². The van der Waals surface area contributed by atoms with Crippen molar-refractivity contribution < 1.29 is 18.7 Å². The number of hydrogen-bond acceptors (Lipinski definition) is 7. The number of ether oxygens (including phenoxy) is 1. The van der Waals surface area contributed by atoms with Crippen LogP contribution in [-0.2, 0) is 9.53 Å². The number of benzene rings is 2. The van der Waals surface area contributed by atoms with Crippen LogP contribution in [0.25, 0.3) is 21.3 Å². The minimum Gasteiger partial charge on any atom is -0.449 e. The van der Waals surface area contributed by atoms with Crippen LogP contribution in [0.1, 0.15) is 17.3 Å². The molecule has 0 aliphatic rings. The molecular formula is C18H13N3O4S. The van der Waals surface area contributed by atoms with Crippen molar-refractivity contribution in [1.29, 1.82) is 0 Å². The molecule has 4 rings (SSSR count). The molecule has 0 spiro atoms. The third kappa shape index (κ3) is 3.14. The second-order valence-corrected chi connectivity index (χ2v) is 6.59. The summed E-state index contributed by atoms with van der Waals surface area (Å²) >= 11 is 1.36. The smallest absolute Gasteiger partial charge is 0.339 e. The quantitative estimate of drug-likeness (QED) is 0.554. The number of amides is 1. The highest BCUT2D eigenvalue weighted by molar-refractivity contribution is 7.22. The number of nitrogens with zero attached hydrogens (tertiary/aromatic N) is 2. The minimum atomic E-state index is -0.972. The Hall–Kier alpha value is -3.26. The lowest BCUT2D eigenvalue weighted by Crippen LogP contribution is -2.29. The van der Waals surface area contributed by atoms with Gasteiger partial charge in [0.2, 0.25) is 0 Å². The van der Waals surface area contributed by atoms with E-state index in [9.17, 15) is 9.59 Å². The monoisotopic (exact) mass is 367 g/mol. The van der Waals surface area contributed by atoms with Crippen molar-refractivity contribution >= 4 is 49.7 Å². The second-order valence-electron chi connectivity index (χ2n) is 5.56. The summed E-state index contributed by atoms with van der Waals surface area (Å²) in [4.78, 5) is 32.8. The Morgan fingerprint density at radius 3 is 2.88 bits per heavy atom. The summed E-state index contributed by atoms with van der Waals surface area (Å²) < 4.78 is 11.4. The number of fused-ring (bicyclic) bond motifs is 2. The zero-order valence-electron chi connectivity index (χ0n) is 13.6. The lowest BCUT2D eigenvalue weighted by molar-refractivity contribution is -0.123. The molecule has 0 saturated heterocycles. The zero-order chi connectivity index (χ0) is 18.1. The van der Waals surface area contributed by atoms with E-state index < -0.39 is 18.0 Å². The van der Waals surface area contributed by atoms with Gasteiger partial charge in [0.05, 0.1) is 15.8 Å². The van der Waals surface area contributed by atoms with Crippen LogP contribution < -0.4 is 5.32 Å². The second kappa shape index (κ2) is 6.57. The summed E-state index contributed by atoms with van der Waals surface area (Å²) in [5.41, 5.74) is 2.21. The van der Waals surface area contributed by atoms with E-state index in [-0.39, 0.29) is 5.56 Å². The van der Waals surface area contributed by atoms with E-state index in [4.69, 9.17) is 9.15 Å². The number of carbonyl (C=O) groups is 2. The maximum atomic E-state index is 12.3. The third-order valence-electron chi connectivity index (χ3n) is 3.74. The Kier molecular flexibility index (Phi) is 4.10. The van der Waals surface area contributed by atoms with Gasteiger partial charge in [-0.25, -0.2) is 14.8 Å². The summed E-state index contributed by atoms with van der Waals surface area (Å²) in [7, 11) is 0. The van der Waals surface area contributed by atoms with E-state index in [2.05, 4.69) is 15.3 Å². The molecule has 0 fully saturated rings. The molecule has 2 aromatic carbocycles. The molecule has 130 valence electrons. The predicted molar refractivity (Wildman–Crippen MR) is 97.1 cm³/mol. The molecule has 1 unspecified atom stereocenters. The molecule has 2 aromatic heterocycles. The molecular weight excluding hydrogens is 354 g/mol. The van der Waals surface area contributed by atoms with E-state index in [1.165, 1.54) is 30.7 Å². The first kappa shape index (κ1) is 16.2. The number of para-hydroxylation sites is 1. The van der Waals surface area contributed by atoms with E-state index in [1.807, 2.05) is 24.3 Å². The molecule has 26 heavy (non-hydrogen) atoms. The molecule has 0 aliphatic carbocycles. The number of esters is 1. The molecule has 0 aliphatic heterocycles. The fraction of sp³-hybridized carbons (Fsp3) is 0.111.